The Balaban J connectivity index is 2.85. The van der Waals surface area contributed by atoms with Crippen molar-refractivity contribution in [3.63, 3.8) is 0 Å². The van der Waals surface area contributed by atoms with Crippen LogP contribution < -0.4 is 0 Å². The highest BCUT2D eigenvalue weighted by Gasteiger charge is 2.45. The molecule has 5 nitrogen and oxygen atoms in total. The fourth-order valence-corrected chi connectivity index (χ4v) is 3.60. The van der Waals surface area contributed by atoms with Gasteiger partial charge in [-0.05, 0) is 25.7 Å². The Kier molecular flexibility index (Phi) is 9.92. The zero-order chi connectivity index (χ0) is 19.6. The van der Waals surface area contributed by atoms with Crippen LogP contribution in [0.2, 0.25) is 0 Å². The van der Waals surface area contributed by atoms with E-state index >= 15 is 0 Å². The van der Waals surface area contributed by atoms with Crippen molar-refractivity contribution in [1.29, 1.82) is 0 Å². The summed E-state index contributed by atoms with van der Waals surface area (Å²) in [4.78, 5) is 24.8. The van der Waals surface area contributed by atoms with Gasteiger partial charge in [-0.25, -0.2) is 4.79 Å². The van der Waals surface area contributed by atoms with Crippen LogP contribution in [0.5, 0.6) is 0 Å². The summed E-state index contributed by atoms with van der Waals surface area (Å²) in [6.07, 6.45) is 7.38. The molecule has 1 rings (SSSR count). The van der Waals surface area contributed by atoms with Crippen LogP contribution in [-0.2, 0) is 19.1 Å². The molecule has 0 saturated carbocycles. The number of cyclic esters (lactones) is 1. The van der Waals surface area contributed by atoms with Crippen LogP contribution in [0.25, 0.3) is 0 Å². The first kappa shape index (κ1) is 22.7. The van der Waals surface area contributed by atoms with E-state index in [1.54, 1.807) is 0 Å². The van der Waals surface area contributed by atoms with Gasteiger partial charge in [0, 0.05) is 12.0 Å². The van der Waals surface area contributed by atoms with Gasteiger partial charge in [0.2, 0.25) is 0 Å². The molecule has 0 aromatic carbocycles. The van der Waals surface area contributed by atoms with Crippen molar-refractivity contribution in [3.8, 4) is 0 Å². The lowest BCUT2D eigenvalue weighted by Gasteiger charge is -2.25. The molecule has 1 saturated heterocycles. The number of rotatable bonds is 12. The van der Waals surface area contributed by atoms with Crippen molar-refractivity contribution < 1.29 is 24.2 Å². The highest BCUT2D eigenvalue weighted by Crippen LogP contribution is 2.35. The van der Waals surface area contributed by atoms with E-state index < -0.39 is 5.60 Å². The number of hydrogen-bond donors (Lipinski definition) is 1. The van der Waals surface area contributed by atoms with E-state index in [9.17, 15) is 14.7 Å². The summed E-state index contributed by atoms with van der Waals surface area (Å²) in [5, 5.41) is 9.86. The van der Waals surface area contributed by atoms with E-state index in [1.165, 1.54) is 0 Å². The van der Waals surface area contributed by atoms with E-state index in [-0.39, 0.29) is 31.1 Å². The van der Waals surface area contributed by atoms with Gasteiger partial charge < -0.3 is 14.6 Å². The molecule has 1 aliphatic rings. The minimum absolute atomic E-state index is 0.0764. The lowest BCUT2D eigenvalue weighted by molar-refractivity contribution is -0.169. The predicted octanol–water partition coefficient (Wildman–Crippen LogP) is 4.32. The van der Waals surface area contributed by atoms with Gasteiger partial charge in [0.1, 0.15) is 6.61 Å². The van der Waals surface area contributed by atoms with Crippen LogP contribution in [0.3, 0.4) is 0 Å². The van der Waals surface area contributed by atoms with Gasteiger partial charge >= 0.3 is 11.9 Å². The first-order valence-corrected chi connectivity index (χ1v) is 10.2. The molecule has 1 fully saturated rings. The molecule has 150 valence electrons. The smallest absolute Gasteiger partial charge is 0.334 e. The number of hydrogen-bond acceptors (Lipinski definition) is 5. The molecule has 1 atom stereocenters. The number of esters is 2. The Morgan fingerprint density at radius 1 is 1.12 bits per heavy atom. The van der Waals surface area contributed by atoms with Gasteiger partial charge in [-0.1, -0.05) is 59.0 Å². The normalized spacial score (nSPS) is 19.8. The highest BCUT2D eigenvalue weighted by molar-refractivity contribution is 5.92. The van der Waals surface area contributed by atoms with E-state index in [1.807, 2.05) is 13.8 Å². The van der Waals surface area contributed by atoms with Crippen molar-refractivity contribution >= 4 is 11.9 Å². The molecule has 1 aliphatic heterocycles. The second-order valence-corrected chi connectivity index (χ2v) is 7.37. The molecular formula is C21H36O5. The summed E-state index contributed by atoms with van der Waals surface area (Å²) >= 11 is 0. The number of aliphatic hydroxyl groups is 1. The lowest BCUT2D eigenvalue weighted by Crippen LogP contribution is -2.40. The van der Waals surface area contributed by atoms with Gasteiger partial charge in [0.15, 0.2) is 5.60 Å². The number of allylic oxidation sites excluding steroid dienone is 1. The summed E-state index contributed by atoms with van der Waals surface area (Å²) in [6, 6.07) is 0. The van der Waals surface area contributed by atoms with Crippen molar-refractivity contribution in [3.05, 3.63) is 11.1 Å². The molecule has 0 spiro atoms. The first-order valence-electron chi connectivity index (χ1n) is 10.2. The molecule has 1 heterocycles. The van der Waals surface area contributed by atoms with Gasteiger partial charge in [0.25, 0.3) is 0 Å². The third kappa shape index (κ3) is 6.11. The molecule has 0 aromatic rings. The quantitative estimate of drug-likeness (QED) is 0.410. The minimum Gasteiger partial charge on any atom is -0.461 e. The van der Waals surface area contributed by atoms with Crippen LogP contribution in [0.4, 0.5) is 0 Å². The van der Waals surface area contributed by atoms with Crippen LogP contribution in [0, 0.1) is 5.92 Å². The summed E-state index contributed by atoms with van der Waals surface area (Å²) in [7, 11) is 0. The monoisotopic (exact) mass is 368 g/mol. The molecule has 0 amide bonds. The molecule has 0 bridgehead atoms. The van der Waals surface area contributed by atoms with Crippen LogP contribution in [-0.4, -0.2) is 35.9 Å². The van der Waals surface area contributed by atoms with E-state index in [0.717, 1.165) is 56.9 Å². The number of ether oxygens (including phenoxy) is 2. The van der Waals surface area contributed by atoms with Crippen LogP contribution in [0.1, 0.15) is 85.5 Å². The van der Waals surface area contributed by atoms with Gasteiger partial charge in [-0.15, -0.1) is 0 Å². The molecule has 26 heavy (non-hydrogen) atoms. The van der Waals surface area contributed by atoms with E-state index in [2.05, 4.69) is 13.8 Å². The van der Waals surface area contributed by atoms with Crippen molar-refractivity contribution in [1.82, 2.24) is 0 Å². The second-order valence-electron chi connectivity index (χ2n) is 7.37. The van der Waals surface area contributed by atoms with Gasteiger partial charge in [-0.2, -0.15) is 0 Å². The predicted molar refractivity (Wildman–Crippen MR) is 102 cm³/mol. The Hall–Kier alpha value is -1.36. The summed E-state index contributed by atoms with van der Waals surface area (Å²) in [5.41, 5.74) is 0.645. The standard InChI is InChI=1S/C21H36O5/c1-5-9-16(10-6-2)18-13-21(14-22,26-20(18)24)15-25-19(23)17(11-7-3)12-8-4/h17,22H,5-15H2,1-4H3. The average molecular weight is 369 g/mol. The third-order valence-corrected chi connectivity index (χ3v) is 4.96. The molecule has 5 heteroatoms. The first-order chi connectivity index (χ1) is 12.5. The van der Waals surface area contributed by atoms with Gasteiger partial charge in [-0.3, -0.25) is 4.79 Å². The maximum absolute atomic E-state index is 12.4. The topological polar surface area (TPSA) is 72.8 Å². The molecular weight excluding hydrogens is 332 g/mol. The summed E-state index contributed by atoms with van der Waals surface area (Å²) in [6.45, 7) is 7.84. The summed E-state index contributed by atoms with van der Waals surface area (Å²) < 4.78 is 11.0. The van der Waals surface area contributed by atoms with Crippen LogP contribution >= 0.6 is 0 Å². The molecule has 1 N–H and O–H groups in total. The summed E-state index contributed by atoms with van der Waals surface area (Å²) in [5.74, 6) is -0.744. The highest BCUT2D eigenvalue weighted by atomic mass is 16.6. The Labute approximate surface area is 158 Å². The SMILES string of the molecule is CCCC(CCC)=C1CC(CO)(COC(=O)C(CCC)CCC)OC1=O. The average Bonchev–Trinajstić information content (AvgIpc) is 2.96. The molecule has 0 aliphatic carbocycles. The fourth-order valence-electron chi connectivity index (χ4n) is 3.60. The Morgan fingerprint density at radius 2 is 1.69 bits per heavy atom. The van der Waals surface area contributed by atoms with Crippen molar-refractivity contribution in [2.24, 2.45) is 5.92 Å². The zero-order valence-electron chi connectivity index (χ0n) is 16.9. The van der Waals surface area contributed by atoms with E-state index in [4.69, 9.17) is 9.47 Å². The number of carbonyl (C=O) groups is 2. The number of aliphatic hydroxyl groups excluding tert-OH is 1. The van der Waals surface area contributed by atoms with Crippen molar-refractivity contribution in [2.45, 2.75) is 91.1 Å². The number of carbonyl (C=O) groups excluding carboxylic acids is 2. The maximum Gasteiger partial charge on any atom is 0.334 e. The second kappa shape index (κ2) is 11.4. The zero-order valence-corrected chi connectivity index (χ0v) is 16.9. The molecule has 0 aromatic heterocycles. The van der Waals surface area contributed by atoms with Crippen LogP contribution in [0.15, 0.2) is 11.1 Å². The Morgan fingerprint density at radius 3 is 2.15 bits per heavy atom. The van der Waals surface area contributed by atoms with Gasteiger partial charge in [0.05, 0.1) is 12.5 Å². The molecule has 1 unspecified atom stereocenters. The third-order valence-electron chi connectivity index (χ3n) is 4.96. The Bertz CT molecular complexity index is 483. The largest absolute Gasteiger partial charge is 0.461 e. The lowest BCUT2D eigenvalue weighted by atomic mass is 9.92. The fraction of sp³-hybridized carbons (Fsp3) is 0.810. The van der Waals surface area contributed by atoms with E-state index in [0.29, 0.717) is 12.0 Å². The molecule has 0 radical (unpaired) electrons. The van der Waals surface area contributed by atoms with Crippen molar-refractivity contribution in [2.75, 3.05) is 13.2 Å². The minimum atomic E-state index is -1.13. The maximum atomic E-state index is 12.4.